The van der Waals surface area contributed by atoms with Crippen LogP contribution in [0.1, 0.15) is 26.7 Å². The summed E-state index contributed by atoms with van der Waals surface area (Å²) in [5.41, 5.74) is 0.858. The van der Waals surface area contributed by atoms with Crippen molar-refractivity contribution < 1.29 is 14.0 Å². The second-order valence-electron chi connectivity index (χ2n) is 6.59. The SMILES string of the molecule is CCOc1nn(CC(=O)N(F)C2CC(C)C2)c(=O)cc1-c1ccccc1. The first kappa shape index (κ1) is 18.1. The summed E-state index contributed by atoms with van der Waals surface area (Å²) in [4.78, 5) is 24.5. The average molecular weight is 359 g/mol. The van der Waals surface area contributed by atoms with Crippen LogP contribution in [0.15, 0.2) is 41.2 Å². The minimum absolute atomic E-state index is 0.236. The molecule has 7 heteroatoms. The molecule has 1 aliphatic rings. The highest BCUT2D eigenvalue weighted by molar-refractivity contribution is 5.75. The molecule has 6 nitrogen and oxygen atoms in total. The lowest BCUT2D eigenvalue weighted by Gasteiger charge is -2.35. The van der Waals surface area contributed by atoms with E-state index < -0.39 is 24.1 Å². The number of aromatic nitrogens is 2. The van der Waals surface area contributed by atoms with Gasteiger partial charge < -0.3 is 4.74 Å². The molecule has 0 N–H and O–H groups in total. The van der Waals surface area contributed by atoms with Crippen LogP contribution in [0, 0.1) is 5.92 Å². The second-order valence-corrected chi connectivity index (χ2v) is 6.59. The Morgan fingerprint density at radius 2 is 2.04 bits per heavy atom. The van der Waals surface area contributed by atoms with Crippen molar-refractivity contribution >= 4 is 5.91 Å². The first-order chi connectivity index (χ1) is 12.5. The first-order valence-electron chi connectivity index (χ1n) is 8.77. The normalized spacial score (nSPS) is 18.9. The fourth-order valence-electron chi connectivity index (χ4n) is 3.10. The molecule has 1 saturated carbocycles. The predicted octanol–water partition coefficient (Wildman–Crippen LogP) is 2.82. The zero-order valence-electron chi connectivity index (χ0n) is 14.9. The van der Waals surface area contributed by atoms with Crippen molar-refractivity contribution in [3.63, 3.8) is 0 Å². The predicted molar refractivity (Wildman–Crippen MR) is 95.2 cm³/mol. The van der Waals surface area contributed by atoms with Gasteiger partial charge in [-0.1, -0.05) is 41.7 Å². The third-order valence-corrected chi connectivity index (χ3v) is 4.52. The van der Waals surface area contributed by atoms with Crippen molar-refractivity contribution in [2.24, 2.45) is 5.92 Å². The summed E-state index contributed by atoms with van der Waals surface area (Å²) in [6.07, 6.45) is 1.28. The van der Waals surface area contributed by atoms with Crippen LogP contribution < -0.4 is 10.3 Å². The van der Waals surface area contributed by atoms with Crippen molar-refractivity contribution in [2.75, 3.05) is 6.61 Å². The van der Waals surface area contributed by atoms with Gasteiger partial charge in [-0.25, -0.2) is 4.68 Å². The van der Waals surface area contributed by atoms with Gasteiger partial charge in [0.15, 0.2) is 0 Å². The summed E-state index contributed by atoms with van der Waals surface area (Å²) < 4.78 is 20.6. The van der Waals surface area contributed by atoms with E-state index in [-0.39, 0.29) is 11.0 Å². The average Bonchev–Trinajstić information content (AvgIpc) is 2.62. The molecule has 0 bridgehead atoms. The zero-order chi connectivity index (χ0) is 18.7. The third-order valence-electron chi connectivity index (χ3n) is 4.52. The van der Waals surface area contributed by atoms with Crippen molar-refractivity contribution in [3.8, 4) is 17.0 Å². The van der Waals surface area contributed by atoms with Crippen LogP contribution in [0.25, 0.3) is 11.1 Å². The second kappa shape index (κ2) is 7.68. The van der Waals surface area contributed by atoms with Gasteiger partial charge in [0.05, 0.1) is 18.2 Å². The molecule has 1 amide bonds. The van der Waals surface area contributed by atoms with Gasteiger partial charge in [0, 0.05) is 6.07 Å². The van der Waals surface area contributed by atoms with Gasteiger partial charge in [-0.2, -0.15) is 5.12 Å². The van der Waals surface area contributed by atoms with E-state index in [9.17, 15) is 14.1 Å². The van der Waals surface area contributed by atoms with E-state index in [0.29, 0.717) is 30.9 Å². The number of rotatable bonds is 6. The van der Waals surface area contributed by atoms with Crippen molar-refractivity contribution in [1.29, 1.82) is 0 Å². The summed E-state index contributed by atoms with van der Waals surface area (Å²) in [7, 11) is 0. The Bertz CT molecular complexity index is 832. The molecule has 1 aromatic heterocycles. The van der Waals surface area contributed by atoms with E-state index >= 15 is 0 Å². The van der Waals surface area contributed by atoms with Gasteiger partial charge in [-0.3, -0.25) is 9.59 Å². The molecule has 0 unspecified atom stereocenters. The molecular weight excluding hydrogens is 337 g/mol. The molecule has 26 heavy (non-hydrogen) atoms. The van der Waals surface area contributed by atoms with E-state index in [2.05, 4.69) is 5.10 Å². The molecular formula is C19H22FN3O3. The standard InChI is InChI=1S/C19H22FN3O3/c1-3-26-19-16(14-7-5-4-6-8-14)11-17(24)22(21-19)12-18(25)23(20)15-9-13(2)10-15/h4-8,11,13,15H,3,9-10,12H2,1-2H3. The Morgan fingerprint density at radius 1 is 1.35 bits per heavy atom. The van der Waals surface area contributed by atoms with Crippen LogP contribution in [-0.4, -0.2) is 33.5 Å². The maximum absolute atomic E-state index is 14.1. The summed E-state index contributed by atoms with van der Waals surface area (Å²) in [6, 6.07) is 10.2. The zero-order valence-corrected chi connectivity index (χ0v) is 14.9. The lowest BCUT2D eigenvalue weighted by atomic mass is 9.82. The van der Waals surface area contributed by atoms with Gasteiger partial charge in [0.1, 0.15) is 6.54 Å². The molecule has 1 aromatic carbocycles. The monoisotopic (exact) mass is 359 g/mol. The molecule has 3 rings (SSSR count). The van der Waals surface area contributed by atoms with E-state index in [1.807, 2.05) is 37.3 Å². The first-order valence-corrected chi connectivity index (χ1v) is 8.77. The van der Waals surface area contributed by atoms with Gasteiger partial charge in [0.25, 0.3) is 11.5 Å². The fourth-order valence-corrected chi connectivity index (χ4v) is 3.10. The Hall–Kier alpha value is -2.70. The Kier molecular flexibility index (Phi) is 5.35. The number of hydrogen-bond donors (Lipinski definition) is 0. The highest BCUT2D eigenvalue weighted by Gasteiger charge is 2.34. The van der Waals surface area contributed by atoms with Crippen LogP contribution in [0.3, 0.4) is 0 Å². The number of ether oxygens (including phenoxy) is 1. The van der Waals surface area contributed by atoms with Gasteiger partial charge in [-0.15, -0.1) is 5.10 Å². The maximum Gasteiger partial charge on any atom is 0.272 e. The molecule has 0 spiro atoms. The van der Waals surface area contributed by atoms with Crippen LogP contribution >= 0.6 is 0 Å². The third kappa shape index (κ3) is 3.76. The van der Waals surface area contributed by atoms with E-state index in [0.717, 1.165) is 10.2 Å². The van der Waals surface area contributed by atoms with Gasteiger partial charge in [0.2, 0.25) is 5.88 Å². The van der Waals surface area contributed by atoms with Crippen LogP contribution in [-0.2, 0) is 11.3 Å². The molecule has 0 aliphatic heterocycles. The fraction of sp³-hybridized carbons (Fsp3) is 0.421. The number of carbonyl (C=O) groups excluding carboxylic acids is 1. The van der Waals surface area contributed by atoms with Gasteiger partial charge in [-0.05, 0) is 31.2 Å². The van der Waals surface area contributed by atoms with E-state index in [4.69, 9.17) is 4.74 Å². The lowest BCUT2D eigenvalue weighted by molar-refractivity contribution is -0.159. The van der Waals surface area contributed by atoms with Crippen LogP contribution in [0.5, 0.6) is 5.88 Å². The topological polar surface area (TPSA) is 64.4 Å². The minimum atomic E-state index is -0.772. The smallest absolute Gasteiger partial charge is 0.272 e. The number of carbonyl (C=O) groups is 1. The summed E-state index contributed by atoms with van der Waals surface area (Å²) in [5, 5.41) is 4.38. The number of nitrogens with zero attached hydrogens (tertiary/aromatic N) is 3. The Labute approximate surface area is 151 Å². The van der Waals surface area contributed by atoms with Crippen molar-refractivity contribution in [1.82, 2.24) is 14.9 Å². The van der Waals surface area contributed by atoms with Crippen molar-refractivity contribution in [2.45, 2.75) is 39.3 Å². The molecule has 2 aromatic rings. The Balaban J connectivity index is 1.85. The summed E-state index contributed by atoms with van der Waals surface area (Å²) in [5.74, 6) is -0.109. The van der Waals surface area contributed by atoms with E-state index in [1.165, 1.54) is 6.07 Å². The molecule has 0 saturated heterocycles. The molecule has 0 atom stereocenters. The lowest BCUT2D eigenvalue weighted by Crippen LogP contribution is -2.44. The van der Waals surface area contributed by atoms with Crippen LogP contribution in [0.2, 0.25) is 0 Å². The summed E-state index contributed by atoms with van der Waals surface area (Å²) in [6.45, 7) is 3.72. The van der Waals surface area contributed by atoms with Crippen LogP contribution in [0.4, 0.5) is 4.48 Å². The minimum Gasteiger partial charge on any atom is -0.477 e. The van der Waals surface area contributed by atoms with Gasteiger partial charge >= 0.3 is 0 Å². The molecule has 0 radical (unpaired) electrons. The molecule has 1 heterocycles. The summed E-state index contributed by atoms with van der Waals surface area (Å²) >= 11 is 0. The Morgan fingerprint density at radius 3 is 2.65 bits per heavy atom. The number of hydrogen-bond acceptors (Lipinski definition) is 4. The maximum atomic E-state index is 14.1. The largest absolute Gasteiger partial charge is 0.477 e. The molecule has 1 aliphatic carbocycles. The number of halogens is 1. The number of benzene rings is 1. The highest BCUT2D eigenvalue weighted by Crippen LogP contribution is 2.31. The number of amides is 1. The van der Waals surface area contributed by atoms with Crippen molar-refractivity contribution in [3.05, 3.63) is 46.8 Å². The van der Waals surface area contributed by atoms with E-state index in [1.54, 1.807) is 6.92 Å². The molecule has 138 valence electrons. The molecule has 1 fully saturated rings. The quantitative estimate of drug-likeness (QED) is 0.744. The highest BCUT2D eigenvalue weighted by atomic mass is 19.2.